The van der Waals surface area contributed by atoms with Crippen molar-refractivity contribution in [1.82, 2.24) is 9.55 Å². The van der Waals surface area contributed by atoms with E-state index in [9.17, 15) is 9.59 Å². The van der Waals surface area contributed by atoms with Gasteiger partial charge in [0.15, 0.2) is 5.76 Å². The molecule has 0 saturated heterocycles. The monoisotopic (exact) mass is 542 g/mol. The maximum absolute atomic E-state index is 13.2. The van der Waals surface area contributed by atoms with Gasteiger partial charge < -0.3 is 4.42 Å². The molecule has 8 heteroatoms. The third-order valence-electron chi connectivity index (χ3n) is 4.78. The summed E-state index contributed by atoms with van der Waals surface area (Å²) >= 11 is 8.25. The summed E-state index contributed by atoms with van der Waals surface area (Å²) in [6.45, 7) is -0.140. The Morgan fingerprint density at radius 1 is 1.07 bits per heavy atom. The Morgan fingerprint density at radius 3 is 2.63 bits per heavy atom. The van der Waals surface area contributed by atoms with Crippen molar-refractivity contribution in [3.8, 4) is 11.1 Å². The topological polar surface area (TPSA) is 65.1 Å². The van der Waals surface area contributed by atoms with Crippen molar-refractivity contribution in [2.75, 3.05) is 0 Å². The minimum atomic E-state index is -0.286. The largest absolute Gasteiger partial charge is 0.453 e. The highest BCUT2D eigenvalue weighted by atomic mass is 79.9. The van der Waals surface area contributed by atoms with Crippen LogP contribution in [0.5, 0.6) is 0 Å². The normalized spacial score (nSPS) is 11.4. The number of Topliss-reactive ketones (excluding diaryl/α,β-unsaturated/α-hetero) is 1. The molecule has 5 aromatic rings. The molecule has 30 heavy (non-hydrogen) atoms. The quantitative estimate of drug-likeness (QED) is 0.250. The molecule has 3 aromatic heterocycles. The van der Waals surface area contributed by atoms with Gasteiger partial charge >= 0.3 is 0 Å². The molecule has 5 nitrogen and oxygen atoms in total. The Balaban J connectivity index is 1.53. The number of hydrogen-bond donors (Lipinski definition) is 0. The number of carbonyl (C=O) groups is 1. The number of ketones is 1. The van der Waals surface area contributed by atoms with Crippen molar-refractivity contribution in [3.05, 3.63) is 85.3 Å². The SMILES string of the molecule is O=C(Cn1cnc2scc(-c3ccc(Br)cc3)c2c1=O)c1cc2cc(Br)ccc2o1. The highest BCUT2D eigenvalue weighted by molar-refractivity contribution is 9.10. The molecule has 0 aliphatic heterocycles. The minimum Gasteiger partial charge on any atom is -0.453 e. The molecule has 0 aliphatic rings. The summed E-state index contributed by atoms with van der Waals surface area (Å²) in [5, 5.41) is 3.26. The first-order valence-corrected chi connectivity index (χ1v) is 11.4. The summed E-state index contributed by atoms with van der Waals surface area (Å²) in [4.78, 5) is 31.0. The van der Waals surface area contributed by atoms with E-state index in [-0.39, 0.29) is 23.6 Å². The zero-order valence-electron chi connectivity index (χ0n) is 15.3. The summed E-state index contributed by atoms with van der Waals surface area (Å²) in [5.41, 5.74) is 2.12. The van der Waals surface area contributed by atoms with E-state index < -0.39 is 0 Å². The van der Waals surface area contributed by atoms with E-state index in [1.54, 1.807) is 12.1 Å². The van der Waals surface area contributed by atoms with E-state index in [1.807, 2.05) is 41.8 Å². The molecule has 0 atom stereocenters. The number of benzene rings is 2. The first-order chi connectivity index (χ1) is 14.5. The second kappa shape index (κ2) is 7.61. The van der Waals surface area contributed by atoms with Crippen molar-refractivity contribution in [1.29, 1.82) is 0 Å². The molecule has 0 radical (unpaired) electrons. The smallest absolute Gasteiger partial charge is 0.263 e. The van der Waals surface area contributed by atoms with Gasteiger partial charge in [-0.15, -0.1) is 11.3 Å². The van der Waals surface area contributed by atoms with Crippen LogP contribution in [0.4, 0.5) is 0 Å². The van der Waals surface area contributed by atoms with Crippen LogP contribution in [-0.2, 0) is 6.54 Å². The fourth-order valence-corrected chi connectivity index (χ4v) is 4.86. The number of aromatic nitrogens is 2. The molecule has 0 N–H and O–H groups in total. The maximum Gasteiger partial charge on any atom is 0.263 e. The van der Waals surface area contributed by atoms with Crippen LogP contribution < -0.4 is 5.56 Å². The van der Waals surface area contributed by atoms with Crippen LogP contribution in [0.1, 0.15) is 10.6 Å². The second-order valence-corrected chi connectivity index (χ2v) is 9.42. The van der Waals surface area contributed by atoms with Crippen LogP contribution in [0.25, 0.3) is 32.3 Å². The number of nitrogens with zero attached hydrogens (tertiary/aromatic N) is 2. The standard InChI is InChI=1S/C22H12Br2N2O3S/c23-14-3-1-12(2-4-14)16-10-30-21-20(16)22(28)26(11-25-21)9-17(27)19-8-13-7-15(24)5-6-18(13)29-19/h1-8,10-11H,9H2. The summed E-state index contributed by atoms with van der Waals surface area (Å²) in [5.74, 6) is -0.0699. The predicted molar refractivity (Wildman–Crippen MR) is 125 cm³/mol. The van der Waals surface area contributed by atoms with Gasteiger partial charge in [-0.3, -0.25) is 14.2 Å². The number of hydrogen-bond acceptors (Lipinski definition) is 5. The van der Waals surface area contributed by atoms with Crippen LogP contribution in [0.3, 0.4) is 0 Å². The van der Waals surface area contributed by atoms with Crippen LogP contribution >= 0.6 is 43.2 Å². The zero-order chi connectivity index (χ0) is 20.8. The molecule has 0 unspecified atom stereocenters. The molecule has 0 fully saturated rings. The van der Waals surface area contributed by atoms with Gasteiger partial charge in [-0.2, -0.15) is 0 Å². The Kier molecular flexibility index (Phi) is 4.92. The molecule has 148 valence electrons. The van der Waals surface area contributed by atoms with Crippen LogP contribution in [-0.4, -0.2) is 15.3 Å². The van der Waals surface area contributed by atoms with Crippen LogP contribution in [0.2, 0.25) is 0 Å². The van der Waals surface area contributed by atoms with Crippen molar-refractivity contribution in [2.45, 2.75) is 6.54 Å². The maximum atomic E-state index is 13.2. The highest BCUT2D eigenvalue weighted by Crippen LogP contribution is 2.31. The predicted octanol–water partition coefficient (Wildman–Crippen LogP) is 6.28. The lowest BCUT2D eigenvalue weighted by atomic mass is 10.1. The zero-order valence-corrected chi connectivity index (χ0v) is 19.3. The lowest BCUT2D eigenvalue weighted by Crippen LogP contribution is -2.24. The number of halogens is 2. The lowest BCUT2D eigenvalue weighted by Gasteiger charge is -2.05. The molecule has 0 spiro atoms. The van der Waals surface area contributed by atoms with Crippen molar-refractivity contribution in [2.24, 2.45) is 0 Å². The first-order valence-electron chi connectivity index (χ1n) is 8.94. The van der Waals surface area contributed by atoms with Crippen molar-refractivity contribution >= 4 is 70.2 Å². The molecular weight excluding hydrogens is 532 g/mol. The summed E-state index contributed by atoms with van der Waals surface area (Å²) in [6.07, 6.45) is 1.42. The molecule has 2 aromatic carbocycles. The fraction of sp³-hybridized carbons (Fsp3) is 0.0455. The number of thiophene rings is 1. The lowest BCUT2D eigenvalue weighted by molar-refractivity contribution is 0.0945. The Hall–Kier alpha value is -2.55. The summed E-state index contributed by atoms with van der Waals surface area (Å²) in [6, 6.07) is 15.0. The fourth-order valence-electron chi connectivity index (χ4n) is 3.31. The van der Waals surface area contributed by atoms with E-state index in [0.29, 0.717) is 15.8 Å². The summed E-state index contributed by atoms with van der Waals surface area (Å²) in [7, 11) is 0. The Bertz CT molecular complexity index is 1480. The molecule has 0 bridgehead atoms. The number of rotatable bonds is 4. The molecular formula is C22H12Br2N2O3S. The van der Waals surface area contributed by atoms with E-state index in [0.717, 1.165) is 25.5 Å². The molecule has 3 heterocycles. The van der Waals surface area contributed by atoms with Gasteiger partial charge in [0, 0.05) is 25.3 Å². The average Bonchev–Trinajstić information content (AvgIpc) is 3.35. The molecule has 0 amide bonds. The average molecular weight is 544 g/mol. The van der Waals surface area contributed by atoms with Gasteiger partial charge in [0.1, 0.15) is 10.4 Å². The van der Waals surface area contributed by atoms with Gasteiger partial charge in [0.05, 0.1) is 18.3 Å². The van der Waals surface area contributed by atoms with Crippen molar-refractivity contribution < 1.29 is 9.21 Å². The minimum absolute atomic E-state index is 0.140. The number of carbonyl (C=O) groups excluding carboxylic acids is 1. The summed E-state index contributed by atoms with van der Waals surface area (Å²) < 4.78 is 8.87. The Morgan fingerprint density at radius 2 is 1.83 bits per heavy atom. The number of fused-ring (bicyclic) bond motifs is 2. The van der Waals surface area contributed by atoms with Gasteiger partial charge in [-0.05, 0) is 42.0 Å². The van der Waals surface area contributed by atoms with Crippen LogP contribution in [0, 0.1) is 0 Å². The van der Waals surface area contributed by atoms with Crippen LogP contribution in [0.15, 0.2) is 78.4 Å². The van der Waals surface area contributed by atoms with Gasteiger partial charge in [0.25, 0.3) is 5.56 Å². The molecule has 5 rings (SSSR count). The second-order valence-electron chi connectivity index (χ2n) is 6.73. The third-order valence-corrected chi connectivity index (χ3v) is 6.69. The molecule has 0 saturated carbocycles. The highest BCUT2D eigenvalue weighted by Gasteiger charge is 2.17. The van der Waals surface area contributed by atoms with Gasteiger partial charge in [-0.25, -0.2) is 4.98 Å². The number of furan rings is 1. The van der Waals surface area contributed by atoms with E-state index in [2.05, 4.69) is 36.8 Å². The third kappa shape index (κ3) is 3.45. The van der Waals surface area contributed by atoms with E-state index in [1.165, 1.54) is 22.2 Å². The van der Waals surface area contributed by atoms with E-state index in [4.69, 9.17) is 4.42 Å². The van der Waals surface area contributed by atoms with Crippen molar-refractivity contribution in [3.63, 3.8) is 0 Å². The van der Waals surface area contributed by atoms with E-state index >= 15 is 0 Å². The van der Waals surface area contributed by atoms with Gasteiger partial charge in [-0.1, -0.05) is 44.0 Å². The molecule has 0 aliphatic carbocycles. The first kappa shape index (κ1) is 19.4. The van der Waals surface area contributed by atoms with Gasteiger partial charge in [0.2, 0.25) is 5.78 Å². The Labute approximate surface area is 191 Å².